The van der Waals surface area contributed by atoms with Crippen molar-refractivity contribution >= 4 is 0 Å². The standard InChI is InChI=1S/C13H23N3/c1-4-14-12-6-5-11(10(12)2)9-13-15-7-8-16(13)3/h7-8,10-12,14H,4-6,9H2,1-3H3. The molecule has 2 rings (SSSR count). The van der Waals surface area contributed by atoms with Crippen molar-refractivity contribution in [1.82, 2.24) is 14.9 Å². The SMILES string of the molecule is CCNC1CCC(Cc2nccn2C)C1C. The summed E-state index contributed by atoms with van der Waals surface area (Å²) < 4.78 is 2.15. The molecule has 1 aliphatic rings. The Morgan fingerprint density at radius 1 is 1.50 bits per heavy atom. The Hall–Kier alpha value is -0.830. The van der Waals surface area contributed by atoms with Gasteiger partial charge in [0, 0.05) is 31.9 Å². The van der Waals surface area contributed by atoms with Crippen molar-refractivity contribution in [3.8, 4) is 0 Å². The van der Waals surface area contributed by atoms with Crippen LogP contribution in [0.3, 0.4) is 0 Å². The summed E-state index contributed by atoms with van der Waals surface area (Å²) in [5.41, 5.74) is 0. The predicted octanol–water partition coefficient (Wildman–Crippen LogP) is 1.99. The molecule has 1 N–H and O–H groups in total. The minimum Gasteiger partial charge on any atom is -0.338 e. The Bertz CT molecular complexity index is 332. The van der Waals surface area contributed by atoms with Crippen molar-refractivity contribution in [3.63, 3.8) is 0 Å². The molecule has 0 amide bonds. The van der Waals surface area contributed by atoms with Gasteiger partial charge in [-0.15, -0.1) is 0 Å². The van der Waals surface area contributed by atoms with Gasteiger partial charge in [0.15, 0.2) is 0 Å². The molecule has 3 nitrogen and oxygen atoms in total. The highest BCUT2D eigenvalue weighted by molar-refractivity contribution is 4.97. The lowest BCUT2D eigenvalue weighted by Crippen LogP contribution is -2.32. The van der Waals surface area contributed by atoms with Gasteiger partial charge < -0.3 is 9.88 Å². The molecule has 1 aromatic heterocycles. The van der Waals surface area contributed by atoms with Gasteiger partial charge in [-0.2, -0.15) is 0 Å². The van der Waals surface area contributed by atoms with Gasteiger partial charge in [-0.05, 0) is 31.2 Å². The molecule has 0 saturated heterocycles. The van der Waals surface area contributed by atoms with Gasteiger partial charge in [0.25, 0.3) is 0 Å². The first kappa shape index (κ1) is 11.6. The van der Waals surface area contributed by atoms with Crippen LogP contribution in [-0.2, 0) is 13.5 Å². The largest absolute Gasteiger partial charge is 0.338 e. The monoisotopic (exact) mass is 221 g/mol. The number of aromatic nitrogens is 2. The van der Waals surface area contributed by atoms with Crippen LogP contribution in [0.2, 0.25) is 0 Å². The molecule has 3 atom stereocenters. The van der Waals surface area contributed by atoms with E-state index in [-0.39, 0.29) is 0 Å². The first-order chi connectivity index (χ1) is 7.72. The Kier molecular flexibility index (Phi) is 3.64. The molecule has 1 saturated carbocycles. The number of hydrogen-bond donors (Lipinski definition) is 1. The normalized spacial score (nSPS) is 29.8. The zero-order valence-corrected chi connectivity index (χ0v) is 10.6. The van der Waals surface area contributed by atoms with E-state index in [1.54, 1.807) is 0 Å². The fraction of sp³-hybridized carbons (Fsp3) is 0.769. The Morgan fingerprint density at radius 3 is 2.94 bits per heavy atom. The molecule has 90 valence electrons. The van der Waals surface area contributed by atoms with Crippen LogP contribution in [0.15, 0.2) is 12.4 Å². The van der Waals surface area contributed by atoms with E-state index >= 15 is 0 Å². The summed E-state index contributed by atoms with van der Waals surface area (Å²) in [5.74, 6) is 2.80. The summed E-state index contributed by atoms with van der Waals surface area (Å²) in [7, 11) is 2.09. The van der Waals surface area contributed by atoms with Crippen LogP contribution in [0, 0.1) is 11.8 Å². The third-order valence-electron chi connectivity index (χ3n) is 4.06. The Labute approximate surface area is 98.3 Å². The smallest absolute Gasteiger partial charge is 0.108 e. The number of rotatable bonds is 4. The molecule has 16 heavy (non-hydrogen) atoms. The topological polar surface area (TPSA) is 29.9 Å². The predicted molar refractivity (Wildman–Crippen MR) is 66.3 cm³/mol. The van der Waals surface area contributed by atoms with Crippen LogP contribution in [0.5, 0.6) is 0 Å². The minimum atomic E-state index is 0.718. The van der Waals surface area contributed by atoms with E-state index in [2.05, 4.69) is 35.8 Å². The third-order valence-corrected chi connectivity index (χ3v) is 4.06. The van der Waals surface area contributed by atoms with Crippen LogP contribution < -0.4 is 5.32 Å². The lowest BCUT2D eigenvalue weighted by atomic mass is 9.92. The van der Waals surface area contributed by atoms with Crippen molar-refractivity contribution in [1.29, 1.82) is 0 Å². The van der Waals surface area contributed by atoms with E-state index in [0.29, 0.717) is 0 Å². The molecular weight excluding hydrogens is 198 g/mol. The van der Waals surface area contributed by atoms with Crippen LogP contribution >= 0.6 is 0 Å². The highest BCUT2D eigenvalue weighted by Crippen LogP contribution is 2.33. The molecule has 1 fully saturated rings. The third kappa shape index (κ3) is 2.29. The molecule has 1 aromatic rings. The van der Waals surface area contributed by atoms with Crippen molar-refractivity contribution in [2.24, 2.45) is 18.9 Å². The molecule has 0 bridgehead atoms. The van der Waals surface area contributed by atoms with E-state index in [1.807, 2.05) is 12.4 Å². The van der Waals surface area contributed by atoms with Gasteiger partial charge in [-0.25, -0.2) is 4.98 Å². The molecule has 3 unspecified atom stereocenters. The van der Waals surface area contributed by atoms with Gasteiger partial charge in [0.05, 0.1) is 0 Å². The van der Waals surface area contributed by atoms with E-state index in [9.17, 15) is 0 Å². The number of aryl methyl sites for hydroxylation is 1. The maximum Gasteiger partial charge on any atom is 0.108 e. The van der Waals surface area contributed by atoms with Crippen LogP contribution in [0.1, 0.15) is 32.5 Å². The number of hydrogen-bond acceptors (Lipinski definition) is 2. The van der Waals surface area contributed by atoms with Crippen molar-refractivity contribution in [3.05, 3.63) is 18.2 Å². The molecule has 1 heterocycles. The van der Waals surface area contributed by atoms with Gasteiger partial charge in [0.2, 0.25) is 0 Å². The van der Waals surface area contributed by atoms with Gasteiger partial charge in [-0.1, -0.05) is 13.8 Å². The van der Waals surface area contributed by atoms with Crippen molar-refractivity contribution in [2.75, 3.05) is 6.54 Å². The fourth-order valence-corrected chi connectivity index (χ4v) is 2.91. The first-order valence-corrected chi connectivity index (χ1v) is 6.42. The average Bonchev–Trinajstić information content (AvgIpc) is 2.80. The molecule has 0 radical (unpaired) electrons. The zero-order chi connectivity index (χ0) is 11.5. The number of nitrogens with one attached hydrogen (secondary N) is 1. The summed E-state index contributed by atoms with van der Waals surface area (Å²) in [4.78, 5) is 4.43. The highest BCUT2D eigenvalue weighted by atomic mass is 15.0. The second-order valence-electron chi connectivity index (χ2n) is 5.02. The molecule has 0 aliphatic heterocycles. The second kappa shape index (κ2) is 5.00. The average molecular weight is 221 g/mol. The van der Waals surface area contributed by atoms with Crippen molar-refractivity contribution < 1.29 is 0 Å². The Balaban J connectivity index is 1.95. The number of imidazole rings is 1. The summed E-state index contributed by atoms with van der Waals surface area (Å²) in [6.07, 6.45) is 7.73. The summed E-state index contributed by atoms with van der Waals surface area (Å²) in [5, 5.41) is 3.59. The molecular formula is C13H23N3. The molecule has 0 aromatic carbocycles. The fourth-order valence-electron chi connectivity index (χ4n) is 2.91. The van der Waals surface area contributed by atoms with Crippen LogP contribution in [-0.4, -0.2) is 22.1 Å². The number of nitrogens with zero attached hydrogens (tertiary/aromatic N) is 2. The molecule has 1 aliphatic carbocycles. The van der Waals surface area contributed by atoms with Gasteiger partial charge in [-0.3, -0.25) is 0 Å². The van der Waals surface area contributed by atoms with E-state index in [4.69, 9.17) is 0 Å². The lowest BCUT2D eigenvalue weighted by Gasteiger charge is -2.21. The lowest BCUT2D eigenvalue weighted by molar-refractivity contribution is 0.349. The van der Waals surface area contributed by atoms with Gasteiger partial charge >= 0.3 is 0 Å². The van der Waals surface area contributed by atoms with E-state index in [1.165, 1.54) is 18.7 Å². The van der Waals surface area contributed by atoms with Crippen LogP contribution in [0.4, 0.5) is 0 Å². The first-order valence-electron chi connectivity index (χ1n) is 6.42. The molecule has 0 spiro atoms. The minimum absolute atomic E-state index is 0.718. The quantitative estimate of drug-likeness (QED) is 0.842. The van der Waals surface area contributed by atoms with Crippen molar-refractivity contribution in [2.45, 2.75) is 39.2 Å². The summed E-state index contributed by atoms with van der Waals surface area (Å²) >= 11 is 0. The van der Waals surface area contributed by atoms with E-state index < -0.39 is 0 Å². The maximum atomic E-state index is 4.43. The second-order valence-corrected chi connectivity index (χ2v) is 5.02. The maximum absolute atomic E-state index is 4.43. The Morgan fingerprint density at radius 2 is 2.31 bits per heavy atom. The summed E-state index contributed by atoms with van der Waals surface area (Å²) in [6, 6.07) is 0.718. The van der Waals surface area contributed by atoms with E-state index in [0.717, 1.165) is 30.8 Å². The zero-order valence-electron chi connectivity index (χ0n) is 10.6. The molecule has 3 heteroatoms. The summed E-state index contributed by atoms with van der Waals surface area (Å²) in [6.45, 7) is 5.66. The highest BCUT2D eigenvalue weighted by Gasteiger charge is 2.32. The van der Waals surface area contributed by atoms with Gasteiger partial charge in [0.1, 0.15) is 5.82 Å². The van der Waals surface area contributed by atoms with Crippen LogP contribution in [0.25, 0.3) is 0 Å².